The Bertz CT molecular complexity index is 343. The summed E-state index contributed by atoms with van der Waals surface area (Å²) in [5.41, 5.74) is -0.120. The Balaban J connectivity index is 3.33. The van der Waals surface area contributed by atoms with Crippen molar-refractivity contribution in [1.29, 1.82) is 0 Å². The summed E-state index contributed by atoms with van der Waals surface area (Å²) in [4.78, 5) is 9.82. The minimum absolute atomic E-state index is 0.0606. The Morgan fingerprint density at radius 1 is 1.33 bits per heavy atom. The van der Waals surface area contributed by atoms with Crippen LogP contribution in [0, 0.1) is 13.7 Å². The SMILES string of the molecule is O=[N+]([O-])c1cc(I)c(Cl)cc1Cl. The van der Waals surface area contributed by atoms with Gasteiger partial charge in [0.15, 0.2) is 0 Å². The number of nitrogens with zero attached hydrogens (tertiary/aromatic N) is 1. The molecule has 0 atom stereocenters. The summed E-state index contributed by atoms with van der Waals surface area (Å²) in [7, 11) is 0. The summed E-state index contributed by atoms with van der Waals surface area (Å²) in [5, 5.41) is 10.8. The van der Waals surface area contributed by atoms with Gasteiger partial charge in [0.25, 0.3) is 5.69 Å². The van der Waals surface area contributed by atoms with E-state index in [2.05, 4.69) is 0 Å². The lowest BCUT2D eigenvalue weighted by Crippen LogP contribution is -1.90. The number of benzene rings is 1. The Morgan fingerprint density at radius 3 is 2.42 bits per heavy atom. The highest BCUT2D eigenvalue weighted by Gasteiger charge is 2.14. The third-order valence-electron chi connectivity index (χ3n) is 1.19. The summed E-state index contributed by atoms with van der Waals surface area (Å²) in [6, 6.07) is 2.70. The van der Waals surface area contributed by atoms with Gasteiger partial charge in [0.1, 0.15) is 5.02 Å². The van der Waals surface area contributed by atoms with Gasteiger partial charge in [-0.15, -0.1) is 0 Å². The Morgan fingerprint density at radius 2 is 1.92 bits per heavy atom. The summed E-state index contributed by atoms with van der Waals surface area (Å²) in [6.45, 7) is 0. The summed E-state index contributed by atoms with van der Waals surface area (Å²) < 4.78 is 0.616. The van der Waals surface area contributed by atoms with Crippen molar-refractivity contribution >= 4 is 51.5 Å². The van der Waals surface area contributed by atoms with E-state index in [9.17, 15) is 10.1 Å². The molecule has 64 valence electrons. The Labute approximate surface area is 92.0 Å². The molecule has 12 heavy (non-hydrogen) atoms. The topological polar surface area (TPSA) is 43.1 Å². The van der Waals surface area contributed by atoms with E-state index in [-0.39, 0.29) is 10.7 Å². The number of hydrogen-bond donors (Lipinski definition) is 0. The van der Waals surface area contributed by atoms with Gasteiger partial charge in [0.2, 0.25) is 0 Å². The summed E-state index contributed by atoms with van der Waals surface area (Å²) in [6.07, 6.45) is 0. The van der Waals surface area contributed by atoms with Crippen LogP contribution in [0.2, 0.25) is 10.0 Å². The molecule has 0 aliphatic carbocycles. The lowest BCUT2D eigenvalue weighted by atomic mass is 10.3. The van der Waals surface area contributed by atoms with Crippen molar-refractivity contribution in [2.45, 2.75) is 0 Å². The van der Waals surface area contributed by atoms with Crippen molar-refractivity contribution in [1.82, 2.24) is 0 Å². The molecule has 0 N–H and O–H groups in total. The molecule has 0 saturated carbocycles. The molecular weight excluding hydrogens is 316 g/mol. The molecule has 0 aromatic heterocycles. The van der Waals surface area contributed by atoms with E-state index in [0.29, 0.717) is 8.59 Å². The molecule has 1 aromatic rings. The quantitative estimate of drug-likeness (QED) is 0.344. The van der Waals surface area contributed by atoms with Crippen molar-refractivity contribution in [3.05, 3.63) is 35.9 Å². The zero-order valence-corrected chi connectivity index (χ0v) is 9.22. The first-order valence-corrected chi connectivity index (χ1v) is 4.65. The van der Waals surface area contributed by atoms with E-state index in [4.69, 9.17) is 23.2 Å². The van der Waals surface area contributed by atoms with Crippen LogP contribution in [0.4, 0.5) is 5.69 Å². The maximum absolute atomic E-state index is 10.4. The first-order chi connectivity index (χ1) is 5.52. The molecule has 0 unspecified atom stereocenters. The first-order valence-electron chi connectivity index (χ1n) is 2.81. The van der Waals surface area contributed by atoms with Crippen molar-refractivity contribution < 1.29 is 4.92 Å². The van der Waals surface area contributed by atoms with Gasteiger partial charge in [-0.05, 0) is 28.7 Å². The fourth-order valence-corrected chi connectivity index (χ4v) is 1.55. The first kappa shape index (κ1) is 10.0. The monoisotopic (exact) mass is 317 g/mol. The average molecular weight is 318 g/mol. The molecule has 0 radical (unpaired) electrons. The molecule has 0 spiro atoms. The molecule has 1 aromatic carbocycles. The van der Waals surface area contributed by atoms with Gasteiger partial charge < -0.3 is 0 Å². The number of rotatable bonds is 1. The molecular formula is C6H2Cl2INO2. The standard InChI is InChI=1S/C6H2Cl2INO2/c7-3-1-4(8)6(10(11)12)2-5(3)9/h1-2H. The molecule has 0 heterocycles. The largest absolute Gasteiger partial charge is 0.289 e. The van der Waals surface area contributed by atoms with Crippen LogP contribution < -0.4 is 0 Å². The lowest BCUT2D eigenvalue weighted by Gasteiger charge is -1.97. The third-order valence-corrected chi connectivity index (χ3v) is 3.01. The van der Waals surface area contributed by atoms with Crippen molar-refractivity contribution in [3.8, 4) is 0 Å². The van der Waals surface area contributed by atoms with Crippen LogP contribution in [0.25, 0.3) is 0 Å². The van der Waals surface area contributed by atoms with Gasteiger partial charge in [0.05, 0.1) is 9.95 Å². The van der Waals surface area contributed by atoms with E-state index in [1.54, 1.807) is 0 Å². The number of hydrogen-bond acceptors (Lipinski definition) is 2. The van der Waals surface area contributed by atoms with Crippen LogP contribution in [0.15, 0.2) is 12.1 Å². The molecule has 0 bridgehead atoms. The predicted octanol–water partition coefficient (Wildman–Crippen LogP) is 3.51. The third kappa shape index (κ3) is 1.99. The highest BCUT2D eigenvalue weighted by molar-refractivity contribution is 14.1. The second-order valence-corrected chi connectivity index (χ2v) is 3.95. The highest BCUT2D eigenvalue weighted by Crippen LogP contribution is 2.31. The van der Waals surface area contributed by atoms with E-state index in [1.807, 2.05) is 22.6 Å². The van der Waals surface area contributed by atoms with Crippen LogP contribution in [0.3, 0.4) is 0 Å². The van der Waals surface area contributed by atoms with Crippen LogP contribution >= 0.6 is 45.8 Å². The zero-order chi connectivity index (χ0) is 9.30. The summed E-state index contributed by atoms with van der Waals surface area (Å²) in [5.74, 6) is 0. The predicted molar refractivity (Wildman–Crippen MR) is 55.8 cm³/mol. The van der Waals surface area contributed by atoms with E-state index in [1.165, 1.54) is 12.1 Å². The molecule has 0 aliphatic heterocycles. The number of halogens is 3. The van der Waals surface area contributed by atoms with E-state index < -0.39 is 4.92 Å². The molecule has 0 fully saturated rings. The second-order valence-electron chi connectivity index (χ2n) is 1.97. The minimum Gasteiger partial charge on any atom is -0.258 e. The Kier molecular flexibility index (Phi) is 3.14. The van der Waals surface area contributed by atoms with Crippen LogP contribution in [0.5, 0.6) is 0 Å². The molecule has 1 rings (SSSR count). The van der Waals surface area contributed by atoms with Crippen molar-refractivity contribution in [2.75, 3.05) is 0 Å². The zero-order valence-electron chi connectivity index (χ0n) is 5.55. The summed E-state index contributed by atoms with van der Waals surface area (Å²) >= 11 is 13.1. The number of nitro groups is 1. The van der Waals surface area contributed by atoms with Crippen molar-refractivity contribution in [3.63, 3.8) is 0 Å². The van der Waals surface area contributed by atoms with Gasteiger partial charge in [-0.3, -0.25) is 10.1 Å². The van der Waals surface area contributed by atoms with Gasteiger partial charge in [-0.25, -0.2) is 0 Å². The normalized spacial score (nSPS) is 9.92. The van der Waals surface area contributed by atoms with E-state index >= 15 is 0 Å². The molecule has 0 aliphatic rings. The maximum Gasteiger partial charge on any atom is 0.289 e. The fourth-order valence-electron chi connectivity index (χ4n) is 0.652. The Hall–Kier alpha value is -0.0700. The molecule has 3 nitrogen and oxygen atoms in total. The van der Waals surface area contributed by atoms with Crippen LogP contribution in [0.1, 0.15) is 0 Å². The molecule has 6 heteroatoms. The fraction of sp³-hybridized carbons (Fsp3) is 0. The lowest BCUT2D eigenvalue weighted by molar-refractivity contribution is -0.384. The number of nitro benzene ring substituents is 1. The smallest absolute Gasteiger partial charge is 0.258 e. The highest BCUT2D eigenvalue weighted by atomic mass is 127. The van der Waals surface area contributed by atoms with Gasteiger partial charge in [0, 0.05) is 9.64 Å². The van der Waals surface area contributed by atoms with E-state index in [0.717, 1.165) is 0 Å². The maximum atomic E-state index is 10.4. The average Bonchev–Trinajstić information content (AvgIpc) is 1.96. The molecule has 0 amide bonds. The van der Waals surface area contributed by atoms with Gasteiger partial charge >= 0.3 is 0 Å². The second kappa shape index (κ2) is 3.76. The molecule has 0 saturated heterocycles. The van der Waals surface area contributed by atoms with Crippen LogP contribution in [-0.4, -0.2) is 4.92 Å². The van der Waals surface area contributed by atoms with Gasteiger partial charge in [-0.2, -0.15) is 0 Å². The minimum atomic E-state index is -0.541. The van der Waals surface area contributed by atoms with Crippen molar-refractivity contribution in [2.24, 2.45) is 0 Å². The van der Waals surface area contributed by atoms with Gasteiger partial charge in [-0.1, -0.05) is 23.2 Å². The van der Waals surface area contributed by atoms with Crippen LogP contribution in [-0.2, 0) is 0 Å².